The van der Waals surface area contributed by atoms with Gasteiger partial charge in [-0.15, -0.1) is 0 Å². The number of benzene rings is 1. The molecule has 0 radical (unpaired) electrons. The zero-order chi connectivity index (χ0) is 12.4. The molecule has 0 N–H and O–H groups in total. The number of nitrogens with zero attached hydrogens (tertiary/aromatic N) is 2. The summed E-state index contributed by atoms with van der Waals surface area (Å²) >= 11 is 0. The Labute approximate surface area is 99.1 Å². The van der Waals surface area contributed by atoms with Gasteiger partial charge in [-0.05, 0) is 24.6 Å². The third-order valence-corrected chi connectivity index (χ3v) is 2.59. The number of hydrogen-bond donors (Lipinski definition) is 0. The van der Waals surface area contributed by atoms with Gasteiger partial charge in [0.25, 0.3) is 0 Å². The minimum absolute atomic E-state index is 0.0926. The predicted octanol–water partition coefficient (Wildman–Crippen LogP) is 1.31. The van der Waals surface area contributed by atoms with E-state index in [0.717, 1.165) is 11.3 Å². The minimum Gasteiger partial charge on any atom is -0.302 e. The SMILES string of the molecule is CC(=O)Cc1cccc(-n2ccn(C)c2=O)c1. The maximum absolute atomic E-state index is 11.8. The van der Waals surface area contributed by atoms with Crippen LogP contribution in [0.2, 0.25) is 0 Å². The molecule has 0 saturated heterocycles. The number of rotatable bonds is 3. The van der Waals surface area contributed by atoms with Gasteiger partial charge in [0.1, 0.15) is 5.78 Å². The molecule has 0 amide bonds. The average Bonchev–Trinajstić information content (AvgIpc) is 2.59. The van der Waals surface area contributed by atoms with Gasteiger partial charge in [0.2, 0.25) is 0 Å². The molecule has 88 valence electrons. The molecule has 0 saturated carbocycles. The molecule has 0 spiro atoms. The summed E-state index contributed by atoms with van der Waals surface area (Å²) in [6.07, 6.45) is 3.82. The van der Waals surface area contributed by atoms with Crippen molar-refractivity contribution in [2.75, 3.05) is 0 Å². The van der Waals surface area contributed by atoms with Crippen LogP contribution in [0.1, 0.15) is 12.5 Å². The summed E-state index contributed by atoms with van der Waals surface area (Å²) < 4.78 is 3.07. The summed E-state index contributed by atoms with van der Waals surface area (Å²) in [6, 6.07) is 7.46. The molecule has 0 aliphatic rings. The monoisotopic (exact) mass is 230 g/mol. The third kappa shape index (κ3) is 2.36. The van der Waals surface area contributed by atoms with Gasteiger partial charge in [0.05, 0.1) is 5.69 Å². The summed E-state index contributed by atoms with van der Waals surface area (Å²) in [5.74, 6) is 0.113. The van der Waals surface area contributed by atoms with Gasteiger partial charge in [-0.2, -0.15) is 0 Å². The van der Waals surface area contributed by atoms with E-state index in [2.05, 4.69) is 0 Å². The van der Waals surface area contributed by atoms with E-state index in [1.165, 1.54) is 4.57 Å². The molecule has 1 heterocycles. The lowest BCUT2D eigenvalue weighted by Crippen LogP contribution is -2.20. The fourth-order valence-electron chi connectivity index (χ4n) is 1.76. The maximum atomic E-state index is 11.8. The standard InChI is InChI=1S/C13H14N2O2/c1-10(16)8-11-4-3-5-12(9-11)15-7-6-14(2)13(15)17/h3-7,9H,8H2,1-2H3. The van der Waals surface area contributed by atoms with E-state index >= 15 is 0 Å². The lowest BCUT2D eigenvalue weighted by molar-refractivity contribution is -0.116. The van der Waals surface area contributed by atoms with Crippen molar-refractivity contribution in [2.45, 2.75) is 13.3 Å². The van der Waals surface area contributed by atoms with E-state index in [1.54, 1.807) is 30.9 Å². The molecule has 1 aromatic carbocycles. The number of carbonyl (C=O) groups is 1. The fraction of sp³-hybridized carbons (Fsp3) is 0.231. The van der Waals surface area contributed by atoms with Crippen LogP contribution in [-0.2, 0) is 18.3 Å². The minimum atomic E-state index is -0.0926. The highest BCUT2D eigenvalue weighted by molar-refractivity contribution is 5.78. The van der Waals surface area contributed by atoms with Crippen molar-refractivity contribution in [3.8, 4) is 5.69 Å². The molecule has 2 aromatic rings. The van der Waals surface area contributed by atoms with Gasteiger partial charge in [0, 0.05) is 25.9 Å². The second-order valence-corrected chi connectivity index (χ2v) is 4.11. The summed E-state index contributed by atoms with van der Waals surface area (Å²) in [5.41, 5.74) is 1.62. The van der Waals surface area contributed by atoms with Crippen molar-refractivity contribution in [2.24, 2.45) is 7.05 Å². The van der Waals surface area contributed by atoms with Crippen LogP contribution >= 0.6 is 0 Å². The van der Waals surface area contributed by atoms with Crippen molar-refractivity contribution >= 4 is 5.78 Å². The first kappa shape index (κ1) is 11.4. The van der Waals surface area contributed by atoms with Crippen molar-refractivity contribution in [1.29, 1.82) is 0 Å². The van der Waals surface area contributed by atoms with E-state index < -0.39 is 0 Å². The molecule has 0 aliphatic carbocycles. The van der Waals surface area contributed by atoms with Crippen LogP contribution in [0.5, 0.6) is 0 Å². The summed E-state index contributed by atoms with van der Waals surface area (Å²) in [5, 5.41) is 0. The van der Waals surface area contributed by atoms with E-state index in [0.29, 0.717) is 6.42 Å². The molecule has 4 heteroatoms. The van der Waals surface area contributed by atoms with Gasteiger partial charge in [0.15, 0.2) is 0 Å². The topological polar surface area (TPSA) is 44.0 Å². The highest BCUT2D eigenvalue weighted by atomic mass is 16.1. The van der Waals surface area contributed by atoms with Crippen molar-refractivity contribution < 1.29 is 4.79 Å². The first-order valence-electron chi connectivity index (χ1n) is 5.40. The van der Waals surface area contributed by atoms with E-state index in [9.17, 15) is 9.59 Å². The molecular formula is C13H14N2O2. The van der Waals surface area contributed by atoms with Gasteiger partial charge in [-0.25, -0.2) is 4.79 Å². The molecule has 2 rings (SSSR count). The summed E-state index contributed by atoms with van der Waals surface area (Å²) in [7, 11) is 1.71. The van der Waals surface area contributed by atoms with Crippen LogP contribution in [0.25, 0.3) is 5.69 Å². The van der Waals surface area contributed by atoms with E-state index in [1.807, 2.05) is 24.3 Å². The summed E-state index contributed by atoms with van der Waals surface area (Å²) in [4.78, 5) is 22.8. The Balaban J connectivity index is 2.43. The number of aromatic nitrogens is 2. The van der Waals surface area contributed by atoms with Crippen molar-refractivity contribution in [1.82, 2.24) is 9.13 Å². The Morgan fingerprint density at radius 3 is 2.65 bits per heavy atom. The van der Waals surface area contributed by atoms with Crippen molar-refractivity contribution in [3.63, 3.8) is 0 Å². The number of imidazole rings is 1. The molecule has 0 atom stereocenters. The highest BCUT2D eigenvalue weighted by Gasteiger charge is 2.04. The highest BCUT2D eigenvalue weighted by Crippen LogP contribution is 2.09. The zero-order valence-corrected chi connectivity index (χ0v) is 9.88. The Hall–Kier alpha value is -2.10. The first-order chi connectivity index (χ1) is 8.08. The number of hydrogen-bond acceptors (Lipinski definition) is 2. The number of ketones is 1. The van der Waals surface area contributed by atoms with Crippen LogP contribution in [0.3, 0.4) is 0 Å². The Kier molecular flexibility index (Phi) is 2.95. The Morgan fingerprint density at radius 1 is 1.29 bits per heavy atom. The predicted molar refractivity (Wildman–Crippen MR) is 65.4 cm³/mol. The largest absolute Gasteiger partial charge is 0.332 e. The molecule has 0 aliphatic heterocycles. The van der Waals surface area contributed by atoms with Gasteiger partial charge in [-0.3, -0.25) is 9.36 Å². The van der Waals surface area contributed by atoms with Crippen molar-refractivity contribution in [3.05, 3.63) is 52.7 Å². The Morgan fingerprint density at radius 2 is 2.06 bits per heavy atom. The number of carbonyl (C=O) groups excluding carboxylic acids is 1. The second kappa shape index (κ2) is 4.41. The first-order valence-corrected chi connectivity index (χ1v) is 5.40. The number of Topliss-reactive ketones (excluding diaryl/α,β-unsaturated/α-hetero) is 1. The quantitative estimate of drug-likeness (QED) is 0.798. The van der Waals surface area contributed by atoms with Gasteiger partial charge >= 0.3 is 5.69 Å². The van der Waals surface area contributed by atoms with Crippen LogP contribution in [0, 0.1) is 0 Å². The van der Waals surface area contributed by atoms with E-state index in [-0.39, 0.29) is 11.5 Å². The maximum Gasteiger partial charge on any atom is 0.332 e. The van der Waals surface area contributed by atoms with Gasteiger partial charge < -0.3 is 4.57 Å². The lowest BCUT2D eigenvalue weighted by atomic mass is 10.1. The molecule has 1 aromatic heterocycles. The molecular weight excluding hydrogens is 216 g/mol. The fourth-order valence-corrected chi connectivity index (χ4v) is 1.76. The average molecular weight is 230 g/mol. The number of aryl methyl sites for hydroxylation is 1. The molecule has 0 fully saturated rings. The molecule has 17 heavy (non-hydrogen) atoms. The molecule has 0 unspecified atom stereocenters. The third-order valence-electron chi connectivity index (χ3n) is 2.59. The van der Waals surface area contributed by atoms with Crippen LogP contribution in [-0.4, -0.2) is 14.9 Å². The smallest absolute Gasteiger partial charge is 0.302 e. The zero-order valence-electron chi connectivity index (χ0n) is 9.88. The summed E-state index contributed by atoms with van der Waals surface area (Å²) in [6.45, 7) is 1.56. The lowest BCUT2D eigenvalue weighted by Gasteiger charge is -2.04. The van der Waals surface area contributed by atoms with Crippen LogP contribution in [0.15, 0.2) is 41.5 Å². The van der Waals surface area contributed by atoms with Gasteiger partial charge in [-0.1, -0.05) is 12.1 Å². The normalized spacial score (nSPS) is 10.5. The van der Waals surface area contributed by atoms with E-state index in [4.69, 9.17) is 0 Å². The second-order valence-electron chi connectivity index (χ2n) is 4.11. The van der Waals surface area contributed by atoms with Crippen LogP contribution in [0.4, 0.5) is 0 Å². The molecule has 0 bridgehead atoms. The Bertz CT molecular complexity index is 608. The molecule has 4 nitrogen and oxygen atoms in total. The van der Waals surface area contributed by atoms with Crippen LogP contribution < -0.4 is 5.69 Å².